The van der Waals surface area contributed by atoms with E-state index in [-0.39, 0.29) is 24.0 Å². The van der Waals surface area contributed by atoms with Gasteiger partial charge in [-0.2, -0.15) is 0 Å². The number of halogens is 1. The van der Waals surface area contributed by atoms with Crippen molar-refractivity contribution in [3.05, 3.63) is 0 Å². The molecule has 0 heterocycles. The van der Waals surface area contributed by atoms with E-state index in [2.05, 4.69) is 16.9 Å². The Labute approximate surface area is 121 Å². The molecule has 0 aromatic rings. The van der Waals surface area contributed by atoms with E-state index >= 15 is 0 Å². The van der Waals surface area contributed by atoms with Crippen LogP contribution in [0.5, 0.6) is 0 Å². The Morgan fingerprint density at radius 2 is 1.94 bits per heavy atom. The minimum absolute atomic E-state index is 0. The van der Waals surface area contributed by atoms with Gasteiger partial charge in [-0.15, -0.1) is 24.0 Å². The Morgan fingerprint density at radius 1 is 1.29 bits per heavy atom. The molecule has 4 heteroatoms. The summed E-state index contributed by atoms with van der Waals surface area (Å²) in [5.41, 5.74) is 6.61. The molecular weight excluding hydrogens is 325 g/mol. The van der Waals surface area contributed by atoms with E-state index in [1.807, 2.05) is 0 Å². The van der Waals surface area contributed by atoms with Crippen molar-refractivity contribution in [2.24, 2.45) is 22.1 Å². The van der Waals surface area contributed by atoms with Crippen molar-refractivity contribution in [1.29, 1.82) is 0 Å². The third-order valence-electron chi connectivity index (χ3n) is 4.80. The van der Waals surface area contributed by atoms with Gasteiger partial charge < -0.3 is 10.6 Å². The largest absolute Gasteiger partial charge is 0.370 e. The maximum Gasteiger partial charge on any atom is 0.191 e. The van der Waals surface area contributed by atoms with E-state index in [4.69, 9.17) is 5.73 Å². The fourth-order valence-corrected chi connectivity index (χ4v) is 3.02. The Hall–Kier alpha value is 0. The smallest absolute Gasteiger partial charge is 0.191 e. The van der Waals surface area contributed by atoms with Gasteiger partial charge in [-0.05, 0) is 49.9 Å². The number of hydrogen-bond donors (Lipinski definition) is 1. The first-order valence-electron chi connectivity index (χ1n) is 6.74. The average molecular weight is 349 g/mol. The number of hydrogen-bond acceptors (Lipinski definition) is 1. The Bertz CT molecular complexity index is 304. The van der Waals surface area contributed by atoms with Crippen LogP contribution >= 0.6 is 24.0 Å². The minimum atomic E-state index is 0. The van der Waals surface area contributed by atoms with Gasteiger partial charge in [0, 0.05) is 19.6 Å². The quantitative estimate of drug-likeness (QED) is 0.482. The van der Waals surface area contributed by atoms with Gasteiger partial charge in [-0.3, -0.25) is 4.99 Å². The van der Waals surface area contributed by atoms with E-state index in [0.29, 0.717) is 11.5 Å². The third kappa shape index (κ3) is 2.71. The van der Waals surface area contributed by atoms with Crippen LogP contribution in [0.15, 0.2) is 4.99 Å². The number of nitrogens with two attached hydrogens (primary N) is 1. The van der Waals surface area contributed by atoms with Crippen LogP contribution in [0.25, 0.3) is 0 Å². The van der Waals surface area contributed by atoms with Crippen molar-refractivity contribution in [2.75, 3.05) is 13.6 Å². The zero-order chi connectivity index (χ0) is 11.2. The van der Waals surface area contributed by atoms with Crippen LogP contribution in [-0.4, -0.2) is 30.5 Å². The molecule has 0 unspecified atom stereocenters. The second kappa shape index (κ2) is 4.94. The lowest BCUT2D eigenvalue weighted by molar-refractivity contribution is 0.113. The van der Waals surface area contributed by atoms with Crippen molar-refractivity contribution >= 4 is 29.9 Å². The number of nitrogens with zero attached hydrogens (tertiary/aromatic N) is 2. The molecule has 0 aromatic heterocycles. The van der Waals surface area contributed by atoms with Crippen LogP contribution < -0.4 is 5.73 Å². The summed E-state index contributed by atoms with van der Waals surface area (Å²) in [6, 6.07) is 0.682. The van der Waals surface area contributed by atoms with Crippen LogP contribution in [0.1, 0.15) is 44.9 Å². The van der Waals surface area contributed by atoms with Gasteiger partial charge >= 0.3 is 0 Å². The first-order valence-corrected chi connectivity index (χ1v) is 6.74. The van der Waals surface area contributed by atoms with E-state index in [9.17, 15) is 0 Å². The molecule has 0 saturated heterocycles. The minimum Gasteiger partial charge on any atom is -0.370 e. The van der Waals surface area contributed by atoms with Gasteiger partial charge in [0.2, 0.25) is 0 Å². The molecule has 0 spiro atoms. The summed E-state index contributed by atoms with van der Waals surface area (Å²) in [5.74, 6) is 1.75. The van der Waals surface area contributed by atoms with E-state index in [1.54, 1.807) is 0 Å². The highest BCUT2D eigenvalue weighted by Gasteiger charge is 2.48. The lowest BCUT2D eigenvalue weighted by Crippen LogP contribution is -2.39. The maximum absolute atomic E-state index is 6.04. The maximum atomic E-state index is 6.04. The number of aliphatic imine (C=N–C) groups is 1. The topological polar surface area (TPSA) is 41.6 Å². The second-order valence-electron chi connectivity index (χ2n) is 6.01. The summed E-state index contributed by atoms with van der Waals surface area (Å²) < 4.78 is 0. The molecule has 0 aliphatic heterocycles. The number of rotatable bonds is 4. The molecule has 0 radical (unpaired) electrons. The predicted octanol–water partition coefficient (Wildman–Crippen LogP) is 2.59. The molecular formula is C13H24IN3. The van der Waals surface area contributed by atoms with Gasteiger partial charge in [0.05, 0.1) is 0 Å². The normalized spacial score (nSPS) is 27.0. The monoisotopic (exact) mass is 349 g/mol. The lowest BCUT2D eigenvalue weighted by atomic mass is 9.65. The van der Waals surface area contributed by atoms with Crippen molar-refractivity contribution in [3.8, 4) is 0 Å². The van der Waals surface area contributed by atoms with Crippen LogP contribution in [0.4, 0.5) is 0 Å². The predicted molar refractivity (Wildman–Crippen MR) is 81.7 cm³/mol. The fourth-order valence-electron chi connectivity index (χ4n) is 3.02. The molecule has 3 aliphatic rings. The fraction of sp³-hybridized carbons (Fsp3) is 0.923. The van der Waals surface area contributed by atoms with Gasteiger partial charge in [0.25, 0.3) is 0 Å². The molecule has 98 valence electrons. The van der Waals surface area contributed by atoms with Crippen LogP contribution in [-0.2, 0) is 0 Å². The van der Waals surface area contributed by atoms with Gasteiger partial charge in [0.1, 0.15) is 0 Å². The van der Waals surface area contributed by atoms with Crippen molar-refractivity contribution < 1.29 is 0 Å². The molecule has 3 fully saturated rings. The van der Waals surface area contributed by atoms with Gasteiger partial charge in [-0.25, -0.2) is 0 Å². The molecule has 17 heavy (non-hydrogen) atoms. The highest BCUT2D eigenvalue weighted by molar-refractivity contribution is 14.0. The molecule has 0 atom stereocenters. The summed E-state index contributed by atoms with van der Waals surface area (Å²) in [6.45, 7) is 0.987. The van der Waals surface area contributed by atoms with E-state index in [1.165, 1.54) is 44.9 Å². The first kappa shape index (κ1) is 13.4. The number of guanidine groups is 1. The average Bonchev–Trinajstić information content (AvgIpc) is 3.04. The molecule has 2 N–H and O–H groups in total. The van der Waals surface area contributed by atoms with Crippen molar-refractivity contribution in [2.45, 2.75) is 51.0 Å². The summed E-state index contributed by atoms with van der Waals surface area (Å²) in [4.78, 5) is 6.83. The molecule has 3 nitrogen and oxygen atoms in total. The van der Waals surface area contributed by atoms with Crippen LogP contribution in [0, 0.1) is 11.3 Å². The molecule has 3 rings (SSSR count). The zero-order valence-electron chi connectivity index (χ0n) is 10.7. The van der Waals surface area contributed by atoms with Crippen molar-refractivity contribution in [3.63, 3.8) is 0 Å². The molecule has 0 aromatic carbocycles. The summed E-state index contributed by atoms with van der Waals surface area (Å²) in [7, 11) is 2.08. The highest BCUT2D eigenvalue weighted by Crippen LogP contribution is 2.57. The third-order valence-corrected chi connectivity index (χ3v) is 4.80. The van der Waals surface area contributed by atoms with E-state index in [0.717, 1.165) is 18.4 Å². The van der Waals surface area contributed by atoms with Gasteiger partial charge in [0.15, 0.2) is 5.96 Å². The summed E-state index contributed by atoms with van der Waals surface area (Å²) in [6.07, 6.45) is 9.65. The SMILES string of the molecule is CN(C(N)=NCC1(C2CC2)CCC1)C1CC1.I. The van der Waals surface area contributed by atoms with Crippen LogP contribution in [0.3, 0.4) is 0 Å². The molecule has 3 saturated carbocycles. The first-order chi connectivity index (χ1) is 7.71. The standard InChI is InChI=1S/C13H23N3.HI/c1-16(11-5-6-11)12(14)15-9-13(7-2-8-13)10-3-4-10;/h10-11H,2-9H2,1H3,(H2,14,15);1H. The summed E-state index contributed by atoms with van der Waals surface area (Å²) >= 11 is 0. The van der Waals surface area contributed by atoms with Crippen LogP contribution in [0.2, 0.25) is 0 Å². The Balaban J connectivity index is 0.00000108. The molecule has 0 bridgehead atoms. The summed E-state index contributed by atoms with van der Waals surface area (Å²) in [5, 5.41) is 0. The second-order valence-corrected chi connectivity index (χ2v) is 6.01. The van der Waals surface area contributed by atoms with Crippen molar-refractivity contribution in [1.82, 2.24) is 4.90 Å². The zero-order valence-corrected chi connectivity index (χ0v) is 13.0. The van der Waals surface area contributed by atoms with E-state index < -0.39 is 0 Å². The molecule has 3 aliphatic carbocycles. The molecule has 0 amide bonds. The lowest BCUT2D eigenvalue weighted by Gasteiger charge is -2.41. The Kier molecular flexibility index (Phi) is 3.90. The van der Waals surface area contributed by atoms with Gasteiger partial charge in [-0.1, -0.05) is 6.42 Å². The Morgan fingerprint density at radius 3 is 2.35 bits per heavy atom. The highest BCUT2D eigenvalue weighted by atomic mass is 127.